The molecule has 8 heteroatoms. The third-order valence-corrected chi connectivity index (χ3v) is 3.60. The van der Waals surface area contributed by atoms with E-state index in [9.17, 15) is 25.4 Å². The average molecular weight is 351 g/mol. The van der Waals surface area contributed by atoms with Crippen LogP contribution < -0.4 is 0 Å². The third-order valence-electron chi connectivity index (χ3n) is 3.60. The minimum Gasteiger partial charge on any atom is -0.508 e. The molecular formula is C18H13N3O5. The first-order valence-electron chi connectivity index (χ1n) is 7.47. The molecule has 0 aromatic heterocycles. The van der Waals surface area contributed by atoms with E-state index >= 15 is 0 Å². The standard InChI is InChI=1S/C18H13N3O5/c22-11-9-16(23)18(17(24)10-11)12-5-1-2-6-13(12)19-20-14-7-3-4-8-15(14)21(25)26/h1-10,22-24H. The van der Waals surface area contributed by atoms with Crippen LogP contribution in [0.5, 0.6) is 17.2 Å². The highest BCUT2D eigenvalue weighted by atomic mass is 16.6. The SMILES string of the molecule is O=[N+]([O-])c1ccccc1N=Nc1ccccc1-c1c(O)cc(O)cc1O. The number of azo groups is 1. The highest BCUT2D eigenvalue weighted by Crippen LogP contribution is 2.44. The van der Waals surface area contributed by atoms with Gasteiger partial charge in [-0.1, -0.05) is 30.3 Å². The summed E-state index contributed by atoms with van der Waals surface area (Å²) < 4.78 is 0. The van der Waals surface area contributed by atoms with E-state index in [4.69, 9.17) is 0 Å². The van der Waals surface area contributed by atoms with Crippen LogP contribution in [0, 0.1) is 10.1 Å². The quantitative estimate of drug-likeness (QED) is 0.353. The van der Waals surface area contributed by atoms with E-state index in [1.54, 1.807) is 30.3 Å². The number of benzene rings is 3. The maximum Gasteiger partial charge on any atom is 0.296 e. The summed E-state index contributed by atoms with van der Waals surface area (Å²) in [7, 11) is 0. The molecule has 0 bridgehead atoms. The molecule has 26 heavy (non-hydrogen) atoms. The fourth-order valence-electron chi connectivity index (χ4n) is 2.46. The minimum atomic E-state index is -0.558. The number of aromatic hydroxyl groups is 3. The molecule has 0 heterocycles. The molecule has 0 aliphatic carbocycles. The Morgan fingerprint density at radius 3 is 2.00 bits per heavy atom. The lowest BCUT2D eigenvalue weighted by Crippen LogP contribution is -1.87. The summed E-state index contributed by atoms with van der Waals surface area (Å²) in [4.78, 5) is 10.5. The van der Waals surface area contributed by atoms with Crippen molar-refractivity contribution in [2.75, 3.05) is 0 Å². The number of phenolic OH excluding ortho intramolecular Hbond substituents is 3. The average Bonchev–Trinajstić information content (AvgIpc) is 2.60. The zero-order valence-electron chi connectivity index (χ0n) is 13.3. The van der Waals surface area contributed by atoms with Gasteiger partial charge in [-0.25, -0.2) is 0 Å². The Hall–Kier alpha value is -3.94. The predicted molar refractivity (Wildman–Crippen MR) is 94.1 cm³/mol. The second kappa shape index (κ2) is 6.89. The van der Waals surface area contributed by atoms with Gasteiger partial charge in [0.15, 0.2) is 5.69 Å². The van der Waals surface area contributed by atoms with Crippen molar-refractivity contribution in [2.45, 2.75) is 0 Å². The van der Waals surface area contributed by atoms with Gasteiger partial charge in [0.1, 0.15) is 17.2 Å². The molecule has 8 nitrogen and oxygen atoms in total. The number of para-hydroxylation sites is 1. The van der Waals surface area contributed by atoms with Crippen LogP contribution in [0.4, 0.5) is 17.1 Å². The summed E-state index contributed by atoms with van der Waals surface area (Å²) in [5.41, 5.74) is 0.585. The van der Waals surface area contributed by atoms with Gasteiger partial charge in [-0.2, -0.15) is 0 Å². The molecule has 0 saturated carbocycles. The van der Waals surface area contributed by atoms with Crippen molar-refractivity contribution in [1.82, 2.24) is 0 Å². The Morgan fingerprint density at radius 2 is 1.35 bits per heavy atom. The zero-order valence-corrected chi connectivity index (χ0v) is 13.3. The van der Waals surface area contributed by atoms with E-state index in [1.165, 1.54) is 18.2 Å². The van der Waals surface area contributed by atoms with Crippen LogP contribution in [0.2, 0.25) is 0 Å². The van der Waals surface area contributed by atoms with E-state index in [1.807, 2.05) is 0 Å². The molecule has 0 saturated heterocycles. The number of hydrogen-bond acceptors (Lipinski definition) is 7. The van der Waals surface area contributed by atoms with Crippen molar-refractivity contribution < 1.29 is 20.2 Å². The van der Waals surface area contributed by atoms with Crippen LogP contribution in [0.25, 0.3) is 11.1 Å². The molecule has 3 N–H and O–H groups in total. The molecule has 0 radical (unpaired) electrons. The fraction of sp³-hybridized carbons (Fsp3) is 0. The van der Waals surface area contributed by atoms with Crippen LogP contribution in [0.15, 0.2) is 70.9 Å². The maximum atomic E-state index is 11.1. The Kier molecular flexibility index (Phi) is 4.48. The van der Waals surface area contributed by atoms with Crippen molar-refractivity contribution >= 4 is 17.1 Å². The highest BCUT2D eigenvalue weighted by Gasteiger charge is 2.16. The Labute approximate surface area is 147 Å². The van der Waals surface area contributed by atoms with Crippen LogP contribution in [0.1, 0.15) is 0 Å². The van der Waals surface area contributed by atoms with E-state index in [0.717, 1.165) is 12.1 Å². The second-order valence-electron chi connectivity index (χ2n) is 5.32. The zero-order chi connectivity index (χ0) is 18.7. The van der Waals surface area contributed by atoms with Crippen molar-refractivity contribution in [3.8, 4) is 28.4 Å². The highest BCUT2D eigenvalue weighted by molar-refractivity contribution is 5.84. The number of rotatable bonds is 4. The summed E-state index contributed by atoms with van der Waals surface area (Å²) in [6.07, 6.45) is 0. The largest absolute Gasteiger partial charge is 0.508 e. The maximum absolute atomic E-state index is 11.1. The summed E-state index contributed by atoms with van der Waals surface area (Å²) >= 11 is 0. The number of hydrogen-bond donors (Lipinski definition) is 3. The first-order chi connectivity index (χ1) is 12.5. The fourth-order valence-corrected chi connectivity index (χ4v) is 2.46. The Balaban J connectivity index is 2.09. The lowest BCUT2D eigenvalue weighted by molar-refractivity contribution is -0.384. The smallest absolute Gasteiger partial charge is 0.296 e. The van der Waals surface area contributed by atoms with Gasteiger partial charge in [-0.05, 0) is 12.1 Å². The number of nitro groups is 1. The number of nitro benzene ring substituents is 1. The molecule has 0 atom stereocenters. The molecule has 3 rings (SSSR count). The van der Waals surface area contributed by atoms with E-state index < -0.39 is 4.92 Å². The monoisotopic (exact) mass is 351 g/mol. The molecule has 0 fully saturated rings. The van der Waals surface area contributed by atoms with Gasteiger partial charge in [-0.15, -0.1) is 10.2 Å². The molecule has 3 aromatic carbocycles. The van der Waals surface area contributed by atoms with Crippen LogP contribution >= 0.6 is 0 Å². The third kappa shape index (κ3) is 3.29. The van der Waals surface area contributed by atoms with Gasteiger partial charge in [-0.3, -0.25) is 10.1 Å². The molecule has 0 amide bonds. The summed E-state index contributed by atoms with van der Waals surface area (Å²) in [6, 6.07) is 14.6. The molecule has 0 unspecified atom stereocenters. The Morgan fingerprint density at radius 1 is 0.808 bits per heavy atom. The van der Waals surface area contributed by atoms with Gasteiger partial charge in [0.05, 0.1) is 16.2 Å². The van der Waals surface area contributed by atoms with Gasteiger partial charge in [0.2, 0.25) is 0 Å². The Bertz CT molecular complexity index is 994. The topological polar surface area (TPSA) is 129 Å². The molecule has 0 aliphatic rings. The predicted octanol–water partition coefficient (Wildman–Crippen LogP) is 4.79. The minimum absolute atomic E-state index is 0.0694. The van der Waals surface area contributed by atoms with Crippen LogP contribution in [-0.2, 0) is 0 Å². The lowest BCUT2D eigenvalue weighted by atomic mass is 10.0. The number of nitrogens with zero attached hydrogens (tertiary/aromatic N) is 3. The van der Waals surface area contributed by atoms with Gasteiger partial charge in [0.25, 0.3) is 5.69 Å². The summed E-state index contributed by atoms with van der Waals surface area (Å²) in [6.45, 7) is 0. The van der Waals surface area contributed by atoms with Crippen LogP contribution in [-0.4, -0.2) is 20.2 Å². The van der Waals surface area contributed by atoms with E-state index in [2.05, 4.69) is 10.2 Å². The van der Waals surface area contributed by atoms with Gasteiger partial charge >= 0.3 is 0 Å². The van der Waals surface area contributed by atoms with Crippen molar-refractivity contribution in [3.05, 3.63) is 70.8 Å². The molecule has 130 valence electrons. The van der Waals surface area contributed by atoms with Crippen molar-refractivity contribution in [2.24, 2.45) is 10.2 Å². The van der Waals surface area contributed by atoms with Crippen LogP contribution in [0.3, 0.4) is 0 Å². The second-order valence-corrected chi connectivity index (χ2v) is 5.32. The first kappa shape index (κ1) is 16.9. The first-order valence-corrected chi connectivity index (χ1v) is 7.47. The molecule has 3 aromatic rings. The van der Waals surface area contributed by atoms with Crippen molar-refractivity contribution in [3.63, 3.8) is 0 Å². The van der Waals surface area contributed by atoms with Crippen molar-refractivity contribution in [1.29, 1.82) is 0 Å². The number of phenols is 3. The van der Waals surface area contributed by atoms with Gasteiger partial charge < -0.3 is 15.3 Å². The summed E-state index contributed by atoms with van der Waals surface area (Å²) in [5.74, 6) is -0.963. The summed E-state index contributed by atoms with van der Waals surface area (Å²) in [5, 5.41) is 48.6. The van der Waals surface area contributed by atoms with E-state index in [0.29, 0.717) is 5.56 Å². The normalized spacial score (nSPS) is 10.9. The molecule has 0 aliphatic heterocycles. The molecular weight excluding hydrogens is 338 g/mol. The lowest BCUT2D eigenvalue weighted by Gasteiger charge is -2.10. The molecule has 0 spiro atoms. The van der Waals surface area contributed by atoms with E-state index in [-0.39, 0.29) is 39.9 Å². The van der Waals surface area contributed by atoms with Gasteiger partial charge in [0, 0.05) is 23.8 Å².